The Balaban J connectivity index is 1.67. The molecular formula is C9H12N4OS. The van der Waals surface area contributed by atoms with Crippen molar-refractivity contribution in [3.05, 3.63) is 28.3 Å². The smallest absolute Gasteiger partial charge is 0.223 e. The number of nitrogens with one attached hydrogen (secondary N) is 1. The second kappa shape index (κ2) is 4.99. The van der Waals surface area contributed by atoms with Crippen molar-refractivity contribution in [1.82, 2.24) is 20.4 Å². The van der Waals surface area contributed by atoms with E-state index in [0.29, 0.717) is 5.89 Å². The number of hydrogen-bond donors (Lipinski definition) is 1. The van der Waals surface area contributed by atoms with Crippen molar-refractivity contribution in [3.63, 3.8) is 0 Å². The van der Waals surface area contributed by atoms with Gasteiger partial charge < -0.3 is 9.84 Å². The van der Waals surface area contributed by atoms with Crippen LogP contribution in [0.15, 0.2) is 16.2 Å². The summed E-state index contributed by atoms with van der Waals surface area (Å²) >= 11 is 1.65. The van der Waals surface area contributed by atoms with Crippen molar-refractivity contribution >= 4 is 11.3 Å². The lowest BCUT2D eigenvalue weighted by molar-refractivity contribution is 0.387. The van der Waals surface area contributed by atoms with Gasteiger partial charge in [0.2, 0.25) is 5.89 Å². The van der Waals surface area contributed by atoms with Crippen molar-refractivity contribution in [2.45, 2.75) is 19.9 Å². The molecule has 0 aliphatic carbocycles. The molecule has 0 bridgehead atoms. The molecule has 0 aliphatic heterocycles. The van der Waals surface area contributed by atoms with Gasteiger partial charge in [0, 0.05) is 37.5 Å². The third-order valence-corrected chi connectivity index (χ3v) is 2.66. The van der Waals surface area contributed by atoms with Crippen LogP contribution < -0.4 is 5.32 Å². The summed E-state index contributed by atoms with van der Waals surface area (Å²) in [5.41, 5.74) is 1.83. The lowest BCUT2D eigenvalue weighted by Gasteiger charge is -1.98. The van der Waals surface area contributed by atoms with Crippen LogP contribution in [0, 0.1) is 6.92 Å². The van der Waals surface area contributed by atoms with Crippen LogP contribution in [0.3, 0.4) is 0 Å². The minimum Gasteiger partial charge on any atom is -0.340 e. The van der Waals surface area contributed by atoms with Gasteiger partial charge in [-0.15, -0.1) is 11.3 Å². The molecule has 5 nitrogen and oxygen atoms in total. The highest BCUT2D eigenvalue weighted by Crippen LogP contribution is 2.04. The normalized spacial score (nSPS) is 10.7. The Bertz CT molecular complexity index is 398. The Morgan fingerprint density at radius 3 is 3.13 bits per heavy atom. The molecule has 15 heavy (non-hydrogen) atoms. The Kier molecular flexibility index (Phi) is 3.41. The summed E-state index contributed by atoms with van der Waals surface area (Å²) in [6.45, 7) is 3.49. The van der Waals surface area contributed by atoms with Gasteiger partial charge in [-0.05, 0) is 0 Å². The first-order valence-electron chi connectivity index (χ1n) is 4.72. The summed E-state index contributed by atoms with van der Waals surface area (Å²) in [6.07, 6.45) is 2.66. The Hall–Kier alpha value is -1.27. The van der Waals surface area contributed by atoms with Gasteiger partial charge in [0.05, 0.1) is 5.51 Å². The van der Waals surface area contributed by atoms with Crippen molar-refractivity contribution in [2.24, 2.45) is 0 Å². The van der Waals surface area contributed by atoms with Crippen LogP contribution in [0.1, 0.15) is 16.6 Å². The number of rotatable bonds is 5. The van der Waals surface area contributed by atoms with E-state index in [2.05, 4.69) is 20.4 Å². The van der Waals surface area contributed by atoms with E-state index >= 15 is 0 Å². The lowest BCUT2D eigenvalue weighted by Crippen LogP contribution is -2.16. The van der Waals surface area contributed by atoms with E-state index in [4.69, 9.17) is 4.52 Å². The van der Waals surface area contributed by atoms with E-state index in [0.717, 1.165) is 25.3 Å². The van der Waals surface area contributed by atoms with Crippen molar-refractivity contribution < 1.29 is 4.52 Å². The summed E-state index contributed by atoms with van der Waals surface area (Å²) < 4.78 is 4.87. The number of aromatic nitrogens is 3. The van der Waals surface area contributed by atoms with Crippen LogP contribution in [0.2, 0.25) is 0 Å². The maximum Gasteiger partial charge on any atom is 0.223 e. The zero-order chi connectivity index (χ0) is 10.5. The van der Waals surface area contributed by atoms with Crippen molar-refractivity contribution in [2.75, 3.05) is 6.54 Å². The van der Waals surface area contributed by atoms with Gasteiger partial charge in [-0.25, -0.2) is 0 Å². The maximum absolute atomic E-state index is 4.87. The van der Waals surface area contributed by atoms with Crippen LogP contribution in [-0.2, 0) is 13.0 Å². The fourth-order valence-electron chi connectivity index (χ4n) is 1.18. The summed E-state index contributed by atoms with van der Waals surface area (Å²) in [6, 6.07) is 0. The van der Waals surface area contributed by atoms with E-state index in [1.54, 1.807) is 18.3 Å². The fourth-order valence-corrected chi connectivity index (χ4v) is 1.75. The highest BCUT2D eigenvalue weighted by atomic mass is 32.1. The van der Waals surface area contributed by atoms with E-state index in [1.165, 1.54) is 4.88 Å². The zero-order valence-electron chi connectivity index (χ0n) is 8.43. The first-order valence-corrected chi connectivity index (χ1v) is 5.60. The van der Waals surface area contributed by atoms with Crippen LogP contribution in [-0.4, -0.2) is 21.7 Å². The van der Waals surface area contributed by atoms with Gasteiger partial charge in [-0.3, -0.25) is 4.98 Å². The average molecular weight is 224 g/mol. The van der Waals surface area contributed by atoms with Gasteiger partial charge in [0.15, 0.2) is 5.82 Å². The Labute approximate surface area is 91.5 Å². The molecule has 0 spiro atoms. The molecule has 2 aromatic heterocycles. The minimum atomic E-state index is 0.618. The van der Waals surface area contributed by atoms with Gasteiger partial charge >= 0.3 is 0 Å². The van der Waals surface area contributed by atoms with Crippen molar-refractivity contribution in [3.8, 4) is 0 Å². The minimum absolute atomic E-state index is 0.618. The molecule has 2 aromatic rings. The third kappa shape index (κ3) is 3.10. The third-order valence-electron chi connectivity index (χ3n) is 1.88. The number of thiazole rings is 1. The molecule has 0 unspecified atom stereocenters. The fraction of sp³-hybridized carbons (Fsp3) is 0.444. The quantitative estimate of drug-likeness (QED) is 0.772. The van der Waals surface area contributed by atoms with E-state index in [-0.39, 0.29) is 0 Å². The topological polar surface area (TPSA) is 63.8 Å². The second-order valence-corrected chi connectivity index (χ2v) is 4.10. The van der Waals surface area contributed by atoms with Gasteiger partial charge in [0.1, 0.15) is 0 Å². The molecule has 1 N–H and O–H groups in total. The Morgan fingerprint density at radius 1 is 1.53 bits per heavy atom. The van der Waals surface area contributed by atoms with E-state index < -0.39 is 0 Å². The summed E-state index contributed by atoms with van der Waals surface area (Å²) in [7, 11) is 0. The van der Waals surface area contributed by atoms with Crippen LogP contribution in [0.5, 0.6) is 0 Å². The van der Waals surface area contributed by atoms with E-state index in [9.17, 15) is 0 Å². The van der Waals surface area contributed by atoms with Gasteiger partial charge in [-0.2, -0.15) is 4.98 Å². The van der Waals surface area contributed by atoms with E-state index in [1.807, 2.05) is 11.7 Å². The standard InChI is InChI=1S/C9H12N4OS/c1-7-12-9(13-14-7)2-3-10-4-8-5-11-6-15-8/h5-6,10H,2-4H2,1H3. The molecule has 0 fully saturated rings. The first kappa shape index (κ1) is 10.3. The summed E-state index contributed by atoms with van der Waals surface area (Å²) in [5.74, 6) is 1.37. The van der Waals surface area contributed by atoms with Crippen LogP contribution in [0.25, 0.3) is 0 Å². The molecule has 0 radical (unpaired) electrons. The highest BCUT2D eigenvalue weighted by molar-refractivity contribution is 7.09. The largest absolute Gasteiger partial charge is 0.340 e. The maximum atomic E-state index is 4.87. The monoisotopic (exact) mass is 224 g/mol. The molecule has 0 amide bonds. The van der Waals surface area contributed by atoms with Gasteiger partial charge in [0.25, 0.3) is 0 Å². The summed E-state index contributed by atoms with van der Waals surface area (Å²) in [5, 5.41) is 7.11. The van der Waals surface area contributed by atoms with Crippen molar-refractivity contribution in [1.29, 1.82) is 0 Å². The first-order chi connectivity index (χ1) is 7.34. The molecule has 0 aliphatic rings. The predicted molar refractivity (Wildman–Crippen MR) is 56.6 cm³/mol. The predicted octanol–water partition coefficient (Wildman–Crippen LogP) is 1.17. The summed E-state index contributed by atoms with van der Waals surface area (Å²) in [4.78, 5) is 9.35. The van der Waals surface area contributed by atoms with Crippen LogP contribution in [0.4, 0.5) is 0 Å². The molecule has 2 heterocycles. The van der Waals surface area contributed by atoms with Gasteiger partial charge in [-0.1, -0.05) is 5.16 Å². The second-order valence-electron chi connectivity index (χ2n) is 3.12. The molecule has 80 valence electrons. The molecule has 0 atom stereocenters. The molecule has 0 saturated carbocycles. The average Bonchev–Trinajstić information content (AvgIpc) is 2.84. The molecule has 0 saturated heterocycles. The highest BCUT2D eigenvalue weighted by Gasteiger charge is 2.01. The number of nitrogens with zero attached hydrogens (tertiary/aromatic N) is 3. The lowest BCUT2D eigenvalue weighted by atomic mass is 10.4. The molecule has 2 rings (SSSR count). The Morgan fingerprint density at radius 2 is 2.47 bits per heavy atom. The molecule has 6 heteroatoms. The zero-order valence-corrected chi connectivity index (χ0v) is 9.25. The molecular weight excluding hydrogens is 212 g/mol. The number of hydrogen-bond acceptors (Lipinski definition) is 6. The molecule has 0 aromatic carbocycles. The SMILES string of the molecule is Cc1nc(CCNCc2cncs2)no1. The number of aryl methyl sites for hydroxylation is 1. The van der Waals surface area contributed by atoms with Crippen LogP contribution >= 0.6 is 11.3 Å².